The van der Waals surface area contributed by atoms with E-state index in [4.69, 9.17) is 21.1 Å². The minimum atomic E-state index is -0.220. The van der Waals surface area contributed by atoms with Crippen molar-refractivity contribution in [1.82, 2.24) is 5.32 Å². The third-order valence-electron chi connectivity index (χ3n) is 3.70. The number of rotatable bonds is 7. The number of nitrogens with one attached hydrogen (secondary N) is 1. The summed E-state index contributed by atoms with van der Waals surface area (Å²) in [5, 5.41) is 3.76. The molecule has 1 fully saturated rings. The standard InChI is InChI=1S/C21H18BrClN2O3S/c1-3-9-28-19-14(22)10-13(11-17(19)27-4-2)12-18-20(26)25-21(29-18)24-16-8-6-5-7-15(16)23/h3,5-8,10-12H,1,4,9H2,2H3,(H,24,25,26)/b18-12-. The SMILES string of the molecule is C=CCOc1c(Br)cc(/C=C2\SC(=Nc3ccccc3Cl)NC2=O)cc1OCC. The third-order valence-corrected chi connectivity index (χ3v) is 5.52. The van der Waals surface area contributed by atoms with E-state index in [1.165, 1.54) is 11.8 Å². The van der Waals surface area contributed by atoms with Crippen LogP contribution in [0.4, 0.5) is 5.69 Å². The molecule has 1 aliphatic heterocycles. The van der Waals surface area contributed by atoms with Crippen LogP contribution in [0.3, 0.4) is 0 Å². The van der Waals surface area contributed by atoms with Gasteiger partial charge in [0.05, 0.1) is 26.7 Å². The lowest BCUT2D eigenvalue weighted by Gasteiger charge is -2.13. The Labute approximate surface area is 187 Å². The second kappa shape index (κ2) is 10.0. The van der Waals surface area contributed by atoms with Crippen molar-refractivity contribution in [3.8, 4) is 11.5 Å². The highest BCUT2D eigenvalue weighted by atomic mass is 79.9. The number of hydrogen-bond donors (Lipinski definition) is 1. The Bertz CT molecular complexity index is 1010. The molecule has 5 nitrogen and oxygen atoms in total. The molecule has 1 N–H and O–H groups in total. The molecule has 1 heterocycles. The van der Waals surface area contributed by atoms with E-state index in [0.29, 0.717) is 45.5 Å². The summed E-state index contributed by atoms with van der Waals surface area (Å²) in [5.41, 5.74) is 1.39. The number of hydrogen-bond acceptors (Lipinski definition) is 5. The molecule has 2 aromatic carbocycles. The summed E-state index contributed by atoms with van der Waals surface area (Å²) in [5.74, 6) is 0.962. The van der Waals surface area contributed by atoms with Gasteiger partial charge in [-0.1, -0.05) is 36.4 Å². The molecule has 0 aliphatic carbocycles. The van der Waals surface area contributed by atoms with Crippen LogP contribution in [-0.4, -0.2) is 24.3 Å². The quantitative estimate of drug-likeness (QED) is 0.382. The predicted octanol–water partition coefficient (Wildman–Crippen LogP) is 5.96. The number of thioether (sulfide) groups is 1. The van der Waals surface area contributed by atoms with Crippen LogP contribution < -0.4 is 14.8 Å². The molecule has 0 aromatic heterocycles. The van der Waals surface area contributed by atoms with E-state index in [9.17, 15) is 4.79 Å². The van der Waals surface area contributed by atoms with Crippen LogP contribution in [0.25, 0.3) is 6.08 Å². The van der Waals surface area contributed by atoms with Crippen LogP contribution in [0.5, 0.6) is 11.5 Å². The maximum Gasteiger partial charge on any atom is 0.264 e. The van der Waals surface area contributed by atoms with Gasteiger partial charge in [0.2, 0.25) is 0 Å². The van der Waals surface area contributed by atoms with Crippen molar-refractivity contribution in [3.05, 3.63) is 69.0 Å². The Hall–Kier alpha value is -2.22. The molecule has 1 amide bonds. The van der Waals surface area contributed by atoms with Gasteiger partial charge in [0.1, 0.15) is 6.61 Å². The molecule has 0 spiro atoms. The zero-order valence-electron chi connectivity index (χ0n) is 15.6. The van der Waals surface area contributed by atoms with Gasteiger partial charge in [-0.2, -0.15) is 0 Å². The first-order chi connectivity index (χ1) is 14.0. The Balaban J connectivity index is 1.88. The average molecular weight is 494 g/mol. The monoisotopic (exact) mass is 492 g/mol. The highest BCUT2D eigenvalue weighted by molar-refractivity contribution is 9.10. The van der Waals surface area contributed by atoms with E-state index in [2.05, 4.69) is 32.8 Å². The van der Waals surface area contributed by atoms with Crippen LogP contribution in [0, 0.1) is 0 Å². The summed E-state index contributed by atoms with van der Waals surface area (Å²) in [7, 11) is 0. The number of amidine groups is 1. The predicted molar refractivity (Wildman–Crippen MR) is 123 cm³/mol. The summed E-state index contributed by atoms with van der Waals surface area (Å²) in [6, 6.07) is 10.9. The Morgan fingerprint density at radius 2 is 2.10 bits per heavy atom. The van der Waals surface area contributed by atoms with Gasteiger partial charge in [0, 0.05) is 0 Å². The van der Waals surface area contributed by atoms with Crippen LogP contribution in [0.15, 0.2) is 63.4 Å². The zero-order valence-corrected chi connectivity index (χ0v) is 18.7. The number of para-hydroxylation sites is 1. The fourth-order valence-electron chi connectivity index (χ4n) is 2.50. The van der Waals surface area contributed by atoms with E-state index in [0.717, 1.165) is 10.0 Å². The molecule has 0 saturated carbocycles. The highest BCUT2D eigenvalue weighted by Gasteiger charge is 2.24. The largest absolute Gasteiger partial charge is 0.490 e. The van der Waals surface area contributed by atoms with Crippen molar-refractivity contribution in [2.45, 2.75) is 6.92 Å². The Morgan fingerprint density at radius 3 is 2.83 bits per heavy atom. The number of aliphatic imine (C=N–C) groups is 1. The fraction of sp³-hybridized carbons (Fsp3) is 0.143. The number of benzene rings is 2. The molecule has 29 heavy (non-hydrogen) atoms. The van der Waals surface area contributed by atoms with E-state index in [1.807, 2.05) is 31.2 Å². The lowest BCUT2D eigenvalue weighted by molar-refractivity contribution is -0.115. The van der Waals surface area contributed by atoms with Crippen LogP contribution in [0.2, 0.25) is 5.02 Å². The second-order valence-electron chi connectivity index (χ2n) is 5.80. The van der Waals surface area contributed by atoms with Crippen molar-refractivity contribution in [1.29, 1.82) is 0 Å². The van der Waals surface area contributed by atoms with Gasteiger partial charge in [-0.25, -0.2) is 4.99 Å². The van der Waals surface area contributed by atoms with Crippen molar-refractivity contribution < 1.29 is 14.3 Å². The third kappa shape index (κ3) is 5.44. The van der Waals surface area contributed by atoms with Crippen molar-refractivity contribution in [2.24, 2.45) is 4.99 Å². The Morgan fingerprint density at radius 1 is 1.31 bits per heavy atom. The van der Waals surface area contributed by atoms with E-state index < -0.39 is 0 Å². The molecular formula is C21H18BrClN2O3S. The molecule has 0 unspecified atom stereocenters. The molecule has 150 valence electrons. The number of nitrogens with zero attached hydrogens (tertiary/aromatic N) is 1. The first kappa shape index (κ1) is 21.5. The highest BCUT2D eigenvalue weighted by Crippen LogP contribution is 2.38. The van der Waals surface area contributed by atoms with E-state index in [-0.39, 0.29) is 5.91 Å². The fourth-order valence-corrected chi connectivity index (χ4v) is 4.09. The number of carbonyl (C=O) groups excluding carboxylic acids is 1. The normalized spacial score (nSPS) is 16.2. The molecule has 1 saturated heterocycles. The molecule has 0 bridgehead atoms. The van der Waals surface area contributed by atoms with Gasteiger partial charge in [0.25, 0.3) is 5.91 Å². The maximum atomic E-state index is 12.4. The molecule has 3 rings (SSSR count). The van der Waals surface area contributed by atoms with E-state index >= 15 is 0 Å². The molecular weight excluding hydrogens is 476 g/mol. The summed E-state index contributed by atoms with van der Waals surface area (Å²) in [4.78, 5) is 17.3. The van der Waals surface area contributed by atoms with Gasteiger partial charge >= 0.3 is 0 Å². The number of carbonyl (C=O) groups is 1. The number of amides is 1. The van der Waals surface area contributed by atoms with Crippen molar-refractivity contribution in [3.63, 3.8) is 0 Å². The molecule has 1 aliphatic rings. The van der Waals surface area contributed by atoms with Crippen LogP contribution >= 0.6 is 39.3 Å². The minimum Gasteiger partial charge on any atom is -0.490 e. The van der Waals surface area contributed by atoms with Crippen LogP contribution in [0.1, 0.15) is 12.5 Å². The smallest absolute Gasteiger partial charge is 0.264 e. The first-order valence-electron chi connectivity index (χ1n) is 8.76. The van der Waals surface area contributed by atoms with Gasteiger partial charge in [-0.3, -0.25) is 4.79 Å². The molecule has 8 heteroatoms. The molecule has 0 atom stereocenters. The minimum absolute atomic E-state index is 0.220. The Kier molecular flexibility index (Phi) is 7.41. The molecule has 2 aromatic rings. The molecule has 0 radical (unpaired) electrons. The average Bonchev–Trinajstić information content (AvgIpc) is 3.02. The first-order valence-corrected chi connectivity index (χ1v) is 10.7. The zero-order chi connectivity index (χ0) is 20.8. The maximum absolute atomic E-state index is 12.4. The van der Waals surface area contributed by atoms with Gasteiger partial charge < -0.3 is 14.8 Å². The van der Waals surface area contributed by atoms with Crippen LogP contribution in [-0.2, 0) is 4.79 Å². The van der Waals surface area contributed by atoms with Gasteiger partial charge in [-0.05, 0) is 70.5 Å². The number of halogens is 2. The van der Waals surface area contributed by atoms with Gasteiger partial charge in [0.15, 0.2) is 16.7 Å². The van der Waals surface area contributed by atoms with Gasteiger partial charge in [-0.15, -0.1) is 0 Å². The van der Waals surface area contributed by atoms with Crippen molar-refractivity contribution in [2.75, 3.05) is 13.2 Å². The summed E-state index contributed by atoms with van der Waals surface area (Å²) in [6.07, 6.45) is 3.44. The summed E-state index contributed by atoms with van der Waals surface area (Å²) < 4.78 is 12.1. The van der Waals surface area contributed by atoms with Crippen molar-refractivity contribution >= 4 is 62.1 Å². The topological polar surface area (TPSA) is 59.9 Å². The number of ether oxygens (including phenoxy) is 2. The van der Waals surface area contributed by atoms with E-state index in [1.54, 1.807) is 24.3 Å². The lowest BCUT2D eigenvalue weighted by atomic mass is 10.2. The second-order valence-corrected chi connectivity index (χ2v) is 8.09. The summed E-state index contributed by atoms with van der Waals surface area (Å²) >= 11 is 10.9. The summed E-state index contributed by atoms with van der Waals surface area (Å²) in [6.45, 7) is 6.40. The lowest BCUT2D eigenvalue weighted by Crippen LogP contribution is -2.19.